The molecule has 1 aromatic rings. The van der Waals surface area contributed by atoms with Crippen LogP contribution in [0.1, 0.15) is 37.2 Å². The fraction of sp³-hybridized carbons (Fsp3) is 0.600. The highest BCUT2D eigenvalue weighted by Crippen LogP contribution is 2.36. The monoisotopic (exact) mass is 232 g/mol. The van der Waals surface area contributed by atoms with E-state index in [0.717, 1.165) is 19.0 Å². The van der Waals surface area contributed by atoms with Crippen molar-refractivity contribution in [1.29, 1.82) is 0 Å². The topological polar surface area (TPSA) is 15.3 Å². The van der Waals surface area contributed by atoms with Gasteiger partial charge in [0, 0.05) is 19.3 Å². The second-order valence-corrected chi connectivity index (χ2v) is 5.10. The van der Waals surface area contributed by atoms with E-state index in [2.05, 4.69) is 41.5 Å². The zero-order chi connectivity index (χ0) is 12.1. The molecule has 1 N–H and O–H groups in total. The number of nitrogens with zero attached hydrogens (tertiary/aromatic N) is 1. The van der Waals surface area contributed by atoms with Gasteiger partial charge in [0.25, 0.3) is 0 Å². The summed E-state index contributed by atoms with van der Waals surface area (Å²) in [6.07, 6.45) is 5.38. The van der Waals surface area contributed by atoms with E-state index in [1.807, 2.05) is 7.05 Å². The molecular weight excluding hydrogens is 208 g/mol. The Balaban J connectivity index is 1.87. The highest BCUT2D eigenvalue weighted by Gasteiger charge is 2.19. The predicted molar refractivity (Wildman–Crippen MR) is 74.8 cm³/mol. The molecule has 0 aromatic heterocycles. The molecule has 0 radical (unpaired) electrons. The molecule has 0 spiro atoms. The van der Waals surface area contributed by atoms with Crippen molar-refractivity contribution in [2.45, 2.75) is 31.6 Å². The minimum atomic E-state index is 0.846. The van der Waals surface area contributed by atoms with E-state index < -0.39 is 0 Å². The summed E-state index contributed by atoms with van der Waals surface area (Å²) in [4.78, 5) is 2.34. The molecule has 1 saturated carbocycles. The lowest BCUT2D eigenvalue weighted by Gasteiger charge is -2.26. The number of benzene rings is 1. The van der Waals surface area contributed by atoms with Crippen molar-refractivity contribution in [2.75, 3.05) is 32.1 Å². The van der Waals surface area contributed by atoms with Gasteiger partial charge in [0.15, 0.2) is 0 Å². The lowest BCUT2D eigenvalue weighted by molar-refractivity contribution is 0.420. The second kappa shape index (κ2) is 6.06. The maximum absolute atomic E-state index is 3.19. The van der Waals surface area contributed by atoms with Crippen LogP contribution in [0.4, 0.5) is 5.69 Å². The number of anilines is 1. The second-order valence-electron chi connectivity index (χ2n) is 5.10. The van der Waals surface area contributed by atoms with E-state index >= 15 is 0 Å². The Hall–Kier alpha value is -1.02. The van der Waals surface area contributed by atoms with Crippen LogP contribution in [0.5, 0.6) is 0 Å². The average Bonchev–Trinajstić information content (AvgIpc) is 2.28. The van der Waals surface area contributed by atoms with Gasteiger partial charge in [0.05, 0.1) is 0 Å². The van der Waals surface area contributed by atoms with Gasteiger partial charge in [-0.1, -0.05) is 18.6 Å². The minimum absolute atomic E-state index is 0.846. The zero-order valence-electron chi connectivity index (χ0n) is 11.1. The van der Waals surface area contributed by atoms with E-state index in [1.165, 1.54) is 36.9 Å². The molecule has 1 aromatic carbocycles. The molecule has 0 amide bonds. The van der Waals surface area contributed by atoms with Crippen molar-refractivity contribution in [3.05, 3.63) is 29.8 Å². The van der Waals surface area contributed by atoms with Gasteiger partial charge in [-0.25, -0.2) is 0 Å². The van der Waals surface area contributed by atoms with Crippen molar-refractivity contribution in [3.8, 4) is 0 Å². The summed E-state index contributed by atoms with van der Waals surface area (Å²) in [5.74, 6) is 0.846. The maximum Gasteiger partial charge on any atom is 0.0363 e. The first-order chi connectivity index (χ1) is 8.31. The zero-order valence-corrected chi connectivity index (χ0v) is 11.1. The van der Waals surface area contributed by atoms with Crippen molar-refractivity contribution < 1.29 is 0 Å². The van der Waals surface area contributed by atoms with E-state index in [1.54, 1.807) is 0 Å². The molecular formula is C15H24N2. The van der Waals surface area contributed by atoms with Crippen molar-refractivity contribution in [3.63, 3.8) is 0 Å². The van der Waals surface area contributed by atoms with E-state index in [0.29, 0.717) is 0 Å². The van der Waals surface area contributed by atoms with Gasteiger partial charge in [-0.05, 0) is 56.5 Å². The Morgan fingerprint density at radius 2 is 1.94 bits per heavy atom. The third kappa shape index (κ3) is 3.22. The van der Waals surface area contributed by atoms with Gasteiger partial charge in [-0.2, -0.15) is 0 Å². The van der Waals surface area contributed by atoms with Crippen LogP contribution in [0.15, 0.2) is 24.3 Å². The van der Waals surface area contributed by atoms with Crippen LogP contribution in [0, 0.1) is 0 Å². The molecule has 2 nitrogen and oxygen atoms in total. The van der Waals surface area contributed by atoms with Gasteiger partial charge in [-0.3, -0.25) is 0 Å². The Morgan fingerprint density at radius 1 is 1.24 bits per heavy atom. The molecule has 2 heteroatoms. The first-order valence-electron chi connectivity index (χ1n) is 6.77. The quantitative estimate of drug-likeness (QED) is 0.759. The third-order valence-corrected chi connectivity index (χ3v) is 3.83. The fourth-order valence-corrected chi connectivity index (χ4v) is 2.36. The molecule has 2 rings (SSSR count). The summed E-state index contributed by atoms with van der Waals surface area (Å²) in [6, 6.07) is 9.17. The molecule has 0 bridgehead atoms. The smallest absolute Gasteiger partial charge is 0.0363 e. The summed E-state index contributed by atoms with van der Waals surface area (Å²) in [6.45, 7) is 2.20. The summed E-state index contributed by atoms with van der Waals surface area (Å²) >= 11 is 0. The third-order valence-electron chi connectivity index (χ3n) is 3.83. The number of hydrogen-bond donors (Lipinski definition) is 1. The molecule has 0 aliphatic heterocycles. The summed E-state index contributed by atoms with van der Waals surface area (Å²) in [7, 11) is 4.18. The number of rotatable bonds is 6. The molecule has 94 valence electrons. The molecule has 1 aliphatic rings. The molecule has 1 fully saturated rings. The standard InChI is InChI=1S/C15H24N2/c1-16-11-4-12-17(2)15-9-7-14(8-10-15)13-5-3-6-13/h7-10,13,16H,3-6,11-12H2,1-2H3. The molecule has 0 atom stereocenters. The summed E-state index contributed by atoms with van der Waals surface area (Å²) < 4.78 is 0. The van der Waals surface area contributed by atoms with E-state index in [4.69, 9.17) is 0 Å². The SMILES string of the molecule is CNCCCN(C)c1ccc(C2CCC2)cc1. The van der Waals surface area contributed by atoms with Gasteiger partial charge in [-0.15, -0.1) is 0 Å². The highest BCUT2D eigenvalue weighted by atomic mass is 15.1. The fourth-order valence-electron chi connectivity index (χ4n) is 2.36. The van der Waals surface area contributed by atoms with Crippen LogP contribution in [0.25, 0.3) is 0 Å². The normalized spacial score (nSPS) is 15.6. The van der Waals surface area contributed by atoms with Crippen molar-refractivity contribution >= 4 is 5.69 Å². The van der Waals surface area contributed by atoms with Crippen LogP contribution in [-0.2, 0) is 0 Å². The summed E-state index contributed by atoms with van der Waals surface area (Å²) in [5.41, 5.74) is 2.87. The molecule has 1 aliphatic carbocycles. The predicted octanol–water partition coefficient (Wildman–Crippen LogP) is 3.00. The largest absolute Gasteiger partial charge is 0.375 e. The molecule has 0 heterocycles. The maximum atomic E-state index is 3.19. The van der Waals surface area contributed by atoms with Crippen LogP contribution in [-0.4, -0.2) is 27.2 Å². The average molecular weight is 232 g/mol. The van der Waals surface area contributed by atoms with E-state index in [-0.39, 0.29) is 0 Å². The molecule has 0 unspecified atom stereocenters. The van der Waals surface area contributed by atoms with Gasteiger partial charge in [0.1, 0.15) is 0 Å². The van der Waals surface area contributed by atoms with Crippen LogP contribution >= 0.6 is 0 Å². The minimum Gasteiger partial charge on any atom is -0.375 e. The Kier molecular flexibility index (Phi) is 4.43. The van der Waals surface area contributed by atoms with Gasteiger partial charge in [0.2, 0.25) is 0 Å². The van der Waals surface area contributed by atoms with Crippen LogP contribution in [0.2, 0.25) is 0 Å². The number of hydrogen-bond acceptors (Lipinski definition) is 2. The lowest BCUT2D eigenvalue weighted by Crippen LogP contribution is -2.22. The Morgan fingerprint density at radius 3 is 2.47 bits per heavy atom. The first-order valence-corrected chi connectivity index (χ1v) is 6.77. The Labute approximate surface area is 105 Å². The highest BCUT2D eigenvalue weighted by molar-refractivity contribution is 5.47. The first kappa shape index (κ1) is 12.4. The molecule has 0 saturated heterocycles. The van der Waals surface area contributed by atoms with Crippen molar-refractivity contribution in [1.82, 2.24) is 5.32 Å². The lowest BCUT2D eigenvalue weighted by atomic mass is 9.80. The Bertz CT molecular complexity index is 327. The molecule has 17 heavy (non-hydrogen) atoms. The van der Waals surface area contributed by atoms with Crippen LogP contribution < -0.4 is 10.2 Å². The van der Waals surface area contributed by atoms with Gasteiger partial charge >= 0.3 is 0 Å². The van der Waals surface area contributed by atoms with E-state index in [9.17, 15) is 0 Å². The van der Waals surface area contributed by atoms with Gasteiger partial charge < -0.3 is 10.2 Å². The van der Waals surface area contributed by atoms with Crippen molar-refractivity contribution in [2.24, 2.45) is 0 Å². The summed E-state index contributed by atoms with van der Waals surface area (Å²) in [5, 5.41) is 3.19. The number of nitrogens with one attached hydrogen (secondary N) is 1. The van der Waals surface area contributed by atoms with Crippen LogP contribution in [0.3, 0.4) is 0 Å².